The second-order valence-electron chi connectivity index (χ2n) is 4.46. The molecule has 1 spiro atoms. The van der Waals surface area contributed by atoms with Gasteiger partial charge in [0.2, 0.25) is 0 Å². The maximum absolute atomic E-state index is 6.15. The van der Waals surface area contributed by atoms with Gasteiger partial charge < -0.3 is 10.1 Å². The summed E-state index contributed by atoms with van der Waals surface area (Å²) in [4.78, 5) is 0. The Morgan fingerprint density at radius 2 is 2.07 bits per heavy atom. The van der Waals surface area contributed by atoms with E-state index in [4.69, 9.17) is 4.74 Å². The van der Waals surface area contributed by atoms with Crippen LogP contribution in [0.1, 0.15) is 18.4 Å². The predicted octanol–water partition coefficient (Wildman–Crippen LogP) is 2.51. The SMILES string of the molecule is Brc1ccc2c(c1)OC1(CCNCC1)C2. The summed E-state index contributed by atoms with van der Waals surface area (Å²) in [5.41, 5.74) is 1.45. The maximum atomic E-state index is 6.15. The fourth-order valence-corrected chi connectivity index (χ4v) is 2.89. The number of hydrogen-bond donors (Lipinski definition) is 1. The molecular weight excluding hydrogens is 254 g/mol. The lowest BCUT2D eigenvalue weighted by Gasteiger charge is -2.33. The number of rotatable bonds is 0. The fraction of sp³-hybridized carbons (Fsp3) is 0.500. The molecule has 0 atom stereocenters. The van der Waals surface area contributed by atoms with Crippen molar-refractivity contribution in [2.45, 2.75) is 24.9 Å². The highest BCUT2D eigenvalue weighted by molar-refractivity contribution is 9.10. The van der Waals surface area contributed by atoms with Gasteiger partial charge in [0, 0.05) is 10.9 Å². The van der Waals surface area contributed by atoms with E-state index in [2.05, 4.69) is 39.4 Å². The van der Waals surface area contributed by atoms with Crippen molar-refractivity contribution in [2.24, 2.45) is 0 Å². The van der Waals surface area contributed by atoms with Crippen LogP contribution < -0.4 is 10.1 Å². The summed E-state index contributed by atoms with van der Waals surface area (Å²) in [7, 11) is 0. The van der Waals surface area contributed by atoms with E-state index in [-0.39, 0.29) is 5.60 Å². The molecule has 1 aromatic rings. The lowest BCUT2D eigenvalue weighted by molar-refractivity contribution is 0.0599. The average Bonchev–Trinajstić information content (AvgIpc) is 2.56. The van der Waals surface area contributed by atoms with E-state index in [0.717, 1.165) is 42.6 Å². The first-order chi connectivity index (χ1) is 7.27. The Labute approximate surface area is 98.1 Å². The predicted molar refractivity (Wildman–Crippen MR) is 63.3 cm³/mol. The number of halogens is 1. The van der Waals surface area contributed by atoms with Crippen LogP contribution in [0.2, 0.25) is 0 Å². The van der Waals surface area contributed by atoms with E-state index in [9.17, 15) is 0 Å². The van der Waals surface area contributed by atoms with Crippen LogP contribution in [0, 0.1) is 0 Å². The van der Waals surface area contributed by atoms with Crippen molar-refractivity contribution in [3.05, 3.63) is 28.2 Å². The maximum Gasteiger partial charge on any atom is 0.124 e. The van der Waals surface area contributed by atoms with Crippen molar-refractivity contribution >= 4 is 15.9 Å². The van der Waals surface area contributed by atoms with Gasteiger partial charge in [-0.3, -0.25) is 0 Å². The number of ether oxygens (including phenoxy) is 1. The van der Waals surface area contributed by atoms with Gasteiger partial charge in [-0.05, 0) is 43.6 Å². The van der Waals surface area contributed by atoms with Gasteiger partial charge in [0.15, 0.2) is 0 Å². The smallest absolute Gasteiger partial charge is 0.124 e. The van der Waals surface area contributed by atoms with Gasteiger partial charge in [0.05, 0.1) is 0 Å². The Hall–Kier alpha value is -0.540. The first-order valence-corrected chi connectivity index (χ1v) is 6.25. The zero-order valence-electron chi connectivity index (χ0n) is 8.55. The normalized spacial score (nSPS) is 22.5. The topological polar surface area (TPSA) is 21.3 Å². The molecule has 1 fully saturated rings. The van der Waals surface area contributed by atoms with Crippen molar-refractivity contribution in [2.75, 3.05) is 13.1 Å². The minimum absolute atomic E-state index is 0.0916. The van der Waals surface area contributed by atoms with E-state index in [0.29, 0.717) is 0 Å². The second kappa shape index (κ2) is 3.49. The molecule has 3 heteroatoms. The molecule has 0 amide bonds. The lowest BCUT2D eigenvalue weighted by atomic mass is 9.88. The number of nitrogens with one attached hydrogen (secondary N) is 1. The molecule has 0 radical (unpaired) electrons. The summed E-state index contributed by atoms with van der Waals surface area (Å²) in [6.07, 6.45) is 3.33. The molecule has 3 rings (SSSR count). The summed E-state index contributed by atoms with van der Waals surface area (Å²) >= 11 is 3.48. The molecule has 80 valence electrons. The zero-order valence-corrected chi connectivity index (χ0v) is 10.1. The van der Waals surface area contributed by atoms with Gasteiger partial charge in [0.25, 0.3) is 0 Å². The number of benzene rings is 1. The third kappa shape index (κ3) is 1.68. The molecule has 2 heterocycles. The van der Waals surface area contributed by atoms with E-state index in [1.165, 1.54) is 5.56 Å². The van der Waals surface area contributed by atoms with E-state index >= 15 is 0 Å². The highest BCUT2D eigenvalue weighted by atomic mass is 79.9. The van der Waals surface area contributed by atoms with E-state index in [1.54, 1.807) is 0 Å². The molecule has 1 aromatic carbocycles. The Morgan fingerprint density at radius 3 is 2.87 bits per heavy atom. The van der Waals surface area contributed by atoms with Crippen LogP contribution in [0.3, 0.4) is 0 Å². The monoisotopic (exact) mass is 267 g/mol. The van der Waals surface area contributed by atoms with Gasteiger partial charge in [-0.2, -0.15) is 0 Å². The van der Waals surface area contributed by atoms with Gasteiger partial charge in [-0.25, -0.2) is 0 Å². The Morgan fingerprint density at radius 1 is 1.27 bits per heavy atom. The van der Waals surface area contributed by atoms with Gasteiger partial charge in [-0.15, -0.1) is 0 Å². The minimum atomic E-state index is 0.0916. The molecule has 0 saturated carbocycles. The van der Waals surface area contributed by atoms with Crippen molar-refractivity contribution in [1.82, 2.24) is 5.32 Å². The molecule has 2 aliphatic heterocycles. The summed E-state index contributed by atoms with van der Waals surface area (Å²) in [5.74, 6) is 1.08. The fourth-order valence-electron chi connectivity index (χ4n) is 2.55. The Bertz CT molecular complexity index is 385. The van der Waals surface area contributed by atoms with Crippen LogP contribution in [-0.2, 0) is 6.42 Å². The molecule has 0 aliphatic carbocycles. The second-order valence-corrected chi connectivity index (χ2v) is 5.38. The third-order valence-electron chi connectivity index (χ3n) is 3.38. The first-order valence-electron chi connectivity index (χ1n) is 5.46. The van der Waals surface area contributed by atoms with E-state index in [1.807, 2.05) is 0 Å². The van der Waals surface area contributed by atoms with Gasteiger partial charge in [-0.1, -0.05) is 22.0 Å². The molecule has 0 aromatic heterocycles. The molecule has 2 nitrogen and oxygen atoms in total. The van der Waals surface area contributed by atoms with E-state index < -0.39 is 0 Å². The lowest BCUT2D eigenvalue weighted by Crippen LogP contribution is -2.45. The summed E-state index contributed by atoms with van der Waals surface area (Å²) in [6.45, 7) is 2.16. The standard InChI is InChI=1S/C12H14BrNO/c13-10-2-1-9-8-12(15-11(9)7-10)3-5-14-6-4-12/h1-2,7,14H,3-6,8H2. The number of hydrogen-bond acceptors (Lipinski definition) is 2. The quantitative estimate of drug-likeness (QED) is 0.780. The Balaban J connectivity index is 1.90. The average molecular weight is 268 g/mol. The molecule has 1 saturated heterocycles. The number of fused-ring (bicyclic) bond motifs is 1. The van der Waals surface area contributed by atoms with Crippen molar-refractivity contribution in [1.29, 1.82) is 0 Å². The molecular formula is C12H14BrNO. The highest BCUT2D eigenvalue weighted by Crippen LogP contribution is 2.40. The minimum Gasteiger partial charge on any atom is -0.487 e. The summed E-state index contributed by atoms with van der Waals surface area (Å²) < 4.78 is 7.25. The van der Waals surface area contributed by atoms with Gasteiger partial charge >= 0.3 is 0 Å². The van der Waals surface area contributed by atoms with Crippen LogP contribution in [0.15, 0.2) is 22.7 Å². The van der Waals surface area contributed by atoms with Crippen molar-refractivity contribution < 1.29 is 4.74 Å². The number of piperidine rings is 1. The highest BCUT2D eigenvalue weighted by Gasteiger charge is 2.40. The summed E-state index contributed by atoms with van der Waals surface area (Å²) in [5, 5.41) is 3.38. The van der Waals surface area contributed by atoms with Crippen LogP contribution >= 0.6 is 15.9 Å². The van der Waals surface area contributed by atoms with Crippen molar-refractivity contribution in [3.63, 3.8) is 0 Å². The van der Waals surface area contributed by atoms with Crippen molar-refractivity contribution in [3.8, 4) is 5.75 Å². The molecule has 2 aliphatic rings. The first kappa shape index (κ1) is 9.67. The zero-order chi connectivity index (χ0) is 10.3. The molecule has 0 unspecified atom stereocenters. The van der Waals surface area contributed by atoms with Crippen LogP contribution in [0.4, 0.5) is 0 Å². The Kier molecular flexibility index (Phi) is 2.25. The summed E-state index contributed by atoms with van der Waals surface area (Å²) in [6, 6.07) is 6.37. The molecule has 15 heavy (non-hydrogen) atoms. The largest absolute Gasteiger partial charge is 0.487 e. The third-order valence-corrected chi connectivity index (χ3v) is 3.88. The molecule has 0 bridgehead atoms. The van der Waals surface area contributed by atoms with Gasteiger partial charge in [0.1, 0.15) is 11.4 Å². The van der Waals surface area contributed by atoms with Crippen LogP contribution in [-0.4, -0.2) is 18.7 Å². The van der Waals surface area contributed by atoms with Crippen LogP contribution in [0.5, 0.6) is 5.75 Å². The molecule has 1 N–H and O–H groups in total. The van der Waals surface area contributed by atoms with Crippen LogP contribution in [0.25, 0.3) is 0 Å².